The molecule has 1 unspecified atom stereocenters. The van der Waals surface area contributed by atoms with E-state index in [0.717, 1.165) is 5.82 Å². The van der Waals surface area contributed by atoms with Gasteiger partial charge in [-0.25, -0.2) is 13.4 Å². The van der Waals surface area contributed by atoms with Gasteiger partial charge in [0.2, 0.25) is 0 Å². The van der Waals surface area contributed by atoms with E-state index in [4.69, 9.17) is 0 Å². The van der Waals surface area contributed by atoms with E-state index in [1.807, 2.05) is 6.92 Å². The molecule has 1 aromatic heterocycles. The van der Waals surface area contributed by atoms with E-state index >= 15 is 0 Å². The van der Waals surface area contributed by atoms with E-state index in [1.54, 1.807) is 25.6 Å². The normalized spacial score (nSPS) is 14.7. The number of hydrogen-bond acceptors (Lipinski definition) is 5. The van der Waals surface area contributed by atoms with Crippen LogP contribution in [0.3, 0.4) is 0 Å². The molecule has 0 saturated heterocycles. The Balaban J connectivity index is 3.00. The van der Waals surface area contributed by atoms with Crippen LogP contribution in [-0.2, 0) is 23.3 Å². The third-order valence-electron chi connectivity index (χ3n) is 3.44. The van der Waals surface area contributed by atoms with Crippen molar-refractivity contribution in [1.82, 2.24) is 20.1 Å². The van der Waals surface area contributed by atoms with E-state index in [9.17, 15) is 8.42 Å². The number of sulfone groups is 1. The standard InChI is InChI=1S/C11H22N4O2S/c1-6-12-9(11(2,3)18(5,16)17)7-10-13-8-14-15(10)4/h8-9,12H,6-7H2,1-5H3. The fourth-order valence-corrected chi connectivity index (χ4v) is 2.44. The maximum Gasteiger partial charge on any atom is 0.154 e. The van der Waals surface area contributed by atoms with Gasteiger partial charge >= 0.3 is 0 Å². The number of rotatable bonds is 6. The summed E-state index contributed by atoms with van der Waals surface area (Å²) < 4.78 is 24.6. The van der Waals surface area contributed by atoms with Gasteiger partial charge in [-0.2, -0.15) is 5.10 Å². The molecule has 0 radical (unpaired) electrons. The van der Waals surface area contributed by atoms with Crippen molar-refractivity contribution < 1.29 is 8.42 Å². The van der Waals surface area contributed by atoms with Gasteiger partial charge in [0.25, 0.3) is 0 Å². The van der Waals surface area contributed by atoms with Crippen molar-refractivity contribution in [3.63, 3.8) is 0 Å². The molecule has 0 spiro atoms. The number of hydrogen-bond donors (Lipinski definition) is 1. The molecule has 0 aliphatic heterocycles. The number of nitrogens with one attached hydrogen (secondary N) is 1. The average Bonchev–Trinajstić information content (AvgIpc) is 2.62. The van der Waals surface area contributed by atoms with Gasteiger partial charge in [0, 0.05) is 25.8 Å². The molecule has 0 bridgehead atoms. The molecule has 18 heavy (non-hydrogen) atoms. The van der Waals surface area contributed by atoms with Gasteiger partial charge < -0.3 is 5.32 Å². The fourth-order valence-electron chi connectivity index (χ4n) is 1.76. The molecule has 104 valence electrons. The van der Waals surface area contributed by atoms with Gasteiger partial charge in [-0.15, -0.1) is 0 Å². The molecule has 0 aliphatic rings. The van der Waals surface area contributed by atoms with Gasteiger partial charge in [0.1, 0.15) is 12.2 Å². The summed E-state index contributed by atoms with van der Waals surface area (Å²) in [4.78, 5) is 4.15. The highest BCUT2D eigenvalue weighted by molar-refractivity contribution is 7.92. The minimum atomic E-state index is -3.16. The number of aryl methyl sites for hydroxylation is 1. The van der Waals surface area contributed by atoms with Crippen LogP contribution < -0.4 is 5.32 Å². The first-order valence-corrected chi connectivity index (χ1v) is 7.85. The van der Waals surface area contributed by atoms with Crippen molar-refractivity contribution in [1.29, 1.82) is 0 Å². The van der Waals surface area contributed by atoms with Crippen LogP contribution in [-0.4, -0.2) is 46.8 Å². The summed E-state index contributed by atoms with van der Waals surface area (Å²) in [7, 11) is -1.36. The first kappa shape index (κ1) is 15.1. The van der Waals surface area contributed by atoms with Crippen molar-refractivity contribution in [3.8, 4) is 0 Å². The zero-order valence-electron chi connectivity index (χ0n) is 11.6. The summed E-state index contributed by atoms with van der Waals surface area (Å²) in [6.07, 6.45) is 3.28. The van der Waals surface area contributed by atoms with E-state index < -0.39 is 14.6 Å². The Kier molecular flexibility index (Phi) is 4.50. The predicted octanol–water partition coefficient (Wildman–Crippen LogP) is 0.159. The Hall–Kier alpha value is -0.950. The van der Waals surface area contributed by atoms with Crippen molar-refractivity contribution in [2.24, 2.45) is 7.05 Å². The van der Waals surface area contributed by atoms with Crippen LogP contribution in [0.1, 0.15) is 26.6 Å². The molecule has 1 N–H and O–H groups in total. The smallest absolute Gasteiger partial charge is 0.154 e. The quantitative estimate of drug-likeness (QED) is 0.799. The maximum atomic E-state index is 11.9. The third kappa shape index (κ3) is 3.08. The molecule has 7 heteroatoms. The summed E-state index contributed by atoms with van der Waals surface area (Å²) >= 11 is 0. The largest absolute Gasteiger partial charge is 0.312 e. The van der Waals surface area contributed by atoms with Gasteiger partial charge in [0.05, 0.1) is 4.75 Å². The number of likely N-dealkylation sites (N-methyl/N-ethyl adjacent to an activating group) is 1. The zero-order valence-corrected chi connectivity index (χ0v) is 12.5. The summed E-state index contributed by atoms with van der Waals surface area (Å²) in [5.74, 6) is 0.776. The van der Waals surface area contributed by atoms with Crippen LogP contribution in [0.15, 0.2) is 6.33 Å². The second-order valence-corrected chi connectivity index (χ2v) is 7.59. The van der Waals surface area contributed by atoms with E-state index in [2.05, 4.69) is 15.4 Å². The SMILES string of the molecule is CCNC(Cc1ncnn1C)C(C)(C)S(C)(=O)=O. The van der Waals surface area contributed by atoms with Crippen LogP contribution >= 0.6 is 0 Å². The van der Waals surface area contributed by atoms with E-state index in [-0.39, 0.29) is 6.04 Å². The lowest BCUT2D eigenvalue weighted by Crippen LogP contribution is -2.52. The van der Waals surface area contributed by atoms with Crippen LogP contribution in [0.2, 0.25) is 0 Å². The number of nitrogens with zero attached hydrogens (tertiary/aromatic N) is 3. The lowest BCUT2D eigenvalue weighted by molar-refractivity contribution is 0.403. The molecule has 1 rings (SSSR count). The molecule has 1 atom stereocenters. The van der Waals surface area contributed by atoms with Crippen LogP contribution in [0.5, 0.6) is 0 Å². The Morgan fingerprint density at radius 1 is 1.50 bits per heavy atom. The van der Waals surface area contributed by atoms with Crippen molar-refractivity contribution in [2.75, 3.05) is 12.8 Å². The zero-order chi connectivity index (χ0) is 14.0. The molecule has 6 nitrogen and oxygen atoms in total. The molecule has 0 amide bonds. The van der Waals surface area contributed by atoms with Gasteiger partial charge in [0.15, 0.2) is 9.84 Å². The molecule has 0 saturated carbocycles. The Morgan fingerprint density at radius 2 is 2.11 bits per heavy atom. The molecular weight excluding hydrogens is 252 g/mol. The summed E-state index contributed by atoms with van der Waals surface area (Å²) in [6, 6.07) is -0.194. The highest BCUT2D eigenvalue weighted by Gasteiger charge is 2.39. The first-order valence-electron chi connectivity index (χ1n) is 5.96. The topological polar surface area (TPSA) is 76.9 Å². The molecule has 1 heterocycles. The van der Waals surface area contributed by atoms with Gasteiger partial charge in [-0.05, 0) is 20.4 Å². The maximum absolute atomic E-state index is 11.9. The fraction of sp³-hybridized carbons (Fsp3) is 0.818. The Labute approximate surface area is 109 Å². The molecule has 1 aromatic rings. The first-order chi connectivity index (χ1) is 8.20. The highest BCUT2D eigenvalue weighted by Crippen LogP contribution is 2.22. The second-order valence-electron chi connectivity index (χ2n) is 4.99. The number of aromatic nitrogens is 3. The van der Waals surface area contributed by atoms with Crippen molar-refractivity contribution >= 4 is 9.84 Å². The second kappa shape index (κ2) is 5.36. The lowest BCUT2D eigenvalue weighted by Gasteiger charge is -2.33. The van der Waals surface area contributed by atoms with E-state index in [0.29, 0.717) is 13.0 Å². The molecule has 0 aliphatic carbocycles. The predicted molar refractivity (Wildman–Crippen MR) is 71.1 cm³/mol. The van der Waals surface area contributed by atoms with Crippen LogP contribution in [0, 0.1) is 0 Å². The Morgan fingerprint density at radius 3 is 2.50 bits per heavy atom. The van der Waals surface area contributed by atoms with Crippen molar-refractivity contribution in [2.45, 2.75) is 38.0 Å². The van der Waals surface area contributed by atoms with Gasteiger partial charge in [-0.3, -0.25) is 4.68 Å². The molecular formula is C11H22N4O2S. The van der Waals surface area contributed by atoms with Crippen LogP contribution in [0.25, 0.3) is 0 Å². The van der Waals surface area contributed by atoms with Gasteiger partial charge in [-0.1, -0.05) is 6.92 Å². The molecule has 0 aromatic carbocycles. The van der Waals surface area contributed by atoms with Crippen molar-refractivity contribution in [3.05, 3.63) is 12.2 Å². The average molecular weight is 274 g/mol. The monoisotopic (exact) mass is 274 g/mol. The minimum Gasteiger partial charge on any atom is -0.312 e. The lowest BCUT2D eigenvalue weighted by atomic mass is 9.99. The molecule has 0 fully saturated rings. The minimum absolute atomic E-state index is 0.194. The Bertz CT molecular complexity index is 493. The summed E-state index contributed by atoms with van der Waals surface area (Å²) in [5.41, 5.74) is 0. The summed E-state index contributed by atoms with van der Waals surface area (Å²) in [5, 5.41) is 7.24. The third-order valence-corrected chi connectivity index (χ3v) is 5.63. The highest BCUT2D eigenvalue weighted by atomic mass is 32.2. The summed E-state index contributed by atoms with van der Waals surface area (Å²) in [6.45, 7) is 6.15. The van der Waals surface area contributed by atoms with E-state index in [1.165, 1.54) is 12.6 Å². The van der Waals surface area contributed by atoms with Crippen LogP contribution in [0.4, 0.5) is 0 Å².